The van der Waals surface area contributed by atoms with E-state index in [4.69, 9.17) is 4.74 Å². The first-order valence-corrected chi connectivity index (χ1v) is 9.89. The number of hydrogen-bond acceptors (Lipinski definition) is 4. The van der Waals surface area contributed by atoms with Gasteiger partial charge in [0.2, 0.25) is 0 Å². The van der Waals surface area contributed by atoms with E-state index in [2.05, 4.69) is 10.6 Å². The SMILES string of the molecule is COC(=O)[C@H](C)[C@H](NC(=O)c1ccc(NC(=O)c2ccccc2)cc1)c1ccccc1. The molecule has 0 saturated carbocycles. The summed E-state index contributed by atoms with van der Waals surface area (Å²) in [6, 6.07) is 24.2. The standard InChI is InChI=1S/C25H24N2O4/c1-17(25(30)31-2)22(18-9-5-3-6-10-18)27-24(29)20-13-15-21(16-14-20)26-23(28)19-11-7-4-8-12-19/h3-17,22H,1-2H3,(H,26,28)(H,27,29)/t17-,22+/m1/s1. The Morgan fingerprint density at radius 1 is 0.742 bits per heavy atom. The van der Waals surface area contributed by atoms with Crippen LogP contribution in [0.4, 0.5) is 5.69 Å². The molecule has 0 spiro atoms. The van der Waals surface area contributed by atoms with Crippen LogP contribution < -0.4 is 10.6 Å². The van der Waals surface area contributed by atoms with Gasteiger partial charge in [0.25, 0.3) is 11.8 Å². The van der Waals surface area contributed by atoms with E-state index in [0.717, 1.165) is 5.56 Å². The van der Waals surface area contributed by atoms with Gasteiger partial charge in [-0.1, -0.05) is 48.5 Å². The predicted molar refractivity (Wildman–Crippen MR) is 119 cm³/mol. The number of anilines is 1. The fraction of sp³-hybridized carbons (Fsp3) is 0.160. The summed E-state index contributed by atoms with van der Waals surface area (Å²) in [4.78, 5) is 37.2. The van der Waals surface area contributed by atoms with E-state index < -0.39 is 17.9 Å². The summed E-state index contributed by atoms with van der Waals surface area (Å²) in [6.45, 7) is 1.71. The fourth-order valence-corrected chi connectivity index (χ4v) is 3.20. The Morgan fingerprint density at radius 2 is 1.29 bits per heavy atom. The molecular formula is C25H24N2O4. The zero-order valence-electron chi connectivity index (χ0n) is 17.4. The second-order valence-corrected chi connectivity index (χ2v) is 7.07. The molecule has 6 heteroatoms. The van der Waals surface area contributed by atoms with Crippen molar-refractivity contribution in [2.45, 2.75) is 13.0 Å². The third kappa shape index (κ3) is 5.57. The molecule has 2 atom stereocenters. The van der Waals surface area contributed by atoms with Gasteiger partial charge in [-0.3, -0.25) is 14.4 Å². The molecule has 31 heavy (non-hydrogen) atoms. The molecule has 158 valence electrons. The molecule has 3 aromatic rings. The van der Waals surface area contributed by atoms with Gasteiger partial charge in [-0.05, 0) is 48.9 Å². The first-order chi connectivity index (χ1) is 15.0. The van der Waals surface area contributed by atoms with Gasteiger partial charge in [-0.2, -0.15) is 0 Å². The lowest BCUT2D eigenvalue weighted by Crippen LogP contribution is -2.36. The highest BCUT2D eigenvalue weighted by Gasteiger charge is 2.28. The van der Waals surface area contributed by atoms with Gasteiger partial charge in [0.1, 0.15) is 0 Å². The summed E-state index contributed by atoms with van der Waals surface area (Å²) in [5.41, 5.74) is 2.34. The molecular weight excluding hydrogens is 392 g/mol. The van der Waals surface area contributed by atoms with Crippen LogP contribution in [0.15, 0.2) is 84.9 Å². The van der Waals surface area contributed by atoms with E-state index in [9.17, 15) is 14.4 Å². The van der Waals surface area contributed by atoms with Crippen LogP contribution >= 0.6 is 0 Å². The van der Waals surface area contributed by atoms with Crippen LogP contribution in [0.25, 0.3) is 0 Å². The van der Waals surface area contributed by atoms with Crippen LogP contribution in [-0.4, -0.2) is 24.9 Å². The van der Waals surface area contributed by atoms with Crippen molar-refractivity contribution < 1.29 is 19.1 Å². The summed E-state index contributed by atoms with van der Waals surface area (Å²) in [5.74, 6) is -1.53. The van der Waals surface area contributed by atoms with Crippen molar-refractivity contribution in [2.75, 3.05) is 12.4 Å². The molecule has 3 aromatic carbocycles. The number of benzene rings is 3. The smallest absolute Gasteiger partial charge is 0.310 e. The maximum Gasteiger partial charge on any atom is 0.310 e. The lowest BCUT2D eigenvalue weighted by atomic mass is 9.94. The molecule has 0 aromatic heterocycles. The lowest BCUT2D eigenvalue weighted by molar-refractivity contribution is -0.145. The van der Waals surface area contributed by atoms with Crippen molar-refractivity contribution in [2.24, 2.45) is 5.92 Å². The molecule has 2 amide bonds. The second-order valence-electron chi connectivity index (χ2n) is 7.07. The summed E-state index contributed by atoms with van der Waals surface area (Å²) in [5, 5.41) is 5.72. The number of rotatable bonds is 7. The van der Waals surface area contributed by atoms with Gasteiger partial charge in [-0.15, -0.1) is 0 Å². The molecule has 0 aliphatic carbocycles. The molecule has 0 unspecified atom stereocenters. The Hall–Kier alpha value is -3.93. The summed E-state index contributed by atoms with van der Waals surface area (Å²) < 4.78 is 4.86. The molecule has 0 radical (unpaired) electrons. The molecule has 0 aliphatic heterocycles. The Kier molecular flexibility index (Phi) is 7.17. The van der Waals surface area contributed by atoms with Crippen molar-refractivity contribution in [1.82, 2.24) is 5.32 Å². The first-order valence-electron chi connectivity index (χ1n) is 9.89. The van der Waals surface area contributed by atoms with Crippen LogP contribution in [0.5, 0.6) is 0 Å². The average molecular weight is 416 g/mol. The minimum atomic E-state index is -0.569. The van der Waals surface area contributed by atoms with Gasteiger partial charge in [0.15, 0.2) is 0 Å². The Balaban J connectivity index is 1.72. The highest BCUT2D eigenvalue weighted by Crippen LogP contribution is 2.24. The molecule has 0 fully saturated rings. The summed E-state index contributed by atoms with van der Waals surface area (Å²) in [7, 11) is 1.32. The number of carbonyl (C=O) groups excluding carboxylic acids is 3. The number of ether oxygens (including phenoxy) is 1. The zero-order chi connectivity index (χ0) is 22.2. The molecule has 3 rings (SSSR count). The van der Waals surface area contributed by atoms with E-state index in [-0.39, 0.29) is 11.8 Å². The van der Waals surface area contributed by atoms with Crippen LogP contribution in [0.3, 0.4) is 0 Å². The van der Waals surface area contributed by atoms with Crippen LogP contribution in [-0.2, 0) is 9.53 Å². The van der Waals surface area contributed by atoms with E-state index in [1.165, 1.54) is 7.11 Å². The predicted octanol–water partition coefficient (Wildman–Crippen LogP) is 4.22. The number of hydrogen-bond donors (Lipinski definition) is 2. The summed E-state index contributed by atoms with van der Waals surface area (Å²) >= 11 is 0. The topological polar surface area (TPSA) is 84.5 Å². The number of nitrogens with one attached hydrogen (secondary N) is 2. The van der Waals surface area contributed by atoms with Gasteiger partial charge in [0, 0.05) is 16.8 Å². The van der Waals surface area contributed by atoms with Gasteiger partial charge in [-0.25, -0.2) is 0 Å². The van der Waals surface area contributed by atoms with Crippen molar-refractivity contribution >= 4 is 23.5 Å². The maximum absolute atomic E-state index is 12.8. The third-order valence-electron chi connectivity index (χ3n) is 4.96. The lowest BCUT2D eigenvalue weighted by Gasteiger charge is -2.24. The van der Waals surface area contributed by atoms with Crippen LogP contribution in [0.2, 0.25) is 0 Å². The van der Waals surface area contributed by atoms with E-state index in [1.54, 1.807) is 55.5 Å². The number of esters is 1. The molecule has 0 bridgehead atoms. The quantitative estimate of drug-likeness (QED) is 0.565. The highest BCUT2D eigenvalue weighted by atomic mass is 16.5. The summed E-state index contributed by atoms with van der Waals surface area (Å²) in [6.07, 6.45) is 0. The first kappa shape index (κ1) is 21.8. The van der Waals surface area contributed by atoms with Gasteiger partial charge >= 0.3 is 5.97 Å². The average Bonchev–Trinajstić information content (AvgIpc) is 2.83. The molecule has 2 N–H and O–H groups in total. The number of carbonyl (C=O) groups is 3. The molecule has 0 heterocycles. The number of methoxy groups -OCH3 is 1. The Bertz CT molecular complexity index is 1030. The van der Waals surface area contributed by atoms with E-state index >= 15 is 0 Å². The third-order valence-corrected chi connectivity index (χ3v) is 4.96. The Morgan fingerprint density at radius 3 is 1.87 bits per heavy atom. The van der Waals surface area contributed by atoms with Crippen LogP contribution in [0, 0.1) is 5.92 Å². The van der Waals surface area contributed by atoms with Crippen molar-refractivity contribution in [3.05, 3.63) is 102 Å². The second kappa shape index (κ2) is 10.2. The number of amides is 2. The normalized spacial score (nSPS) is 12.3. The molecule has 0 aliphatic rings. The minimum absolute atomic E-state index is 0.228. The minimum Gasteiger partial charge on any atom is -0.469 e. The molecule has 6 nitrogen and oxygen atoms in total. The van der Waals surface area contributed by atoms with Crippen molar-refractivity contribution in [1.29, 1.82) is 0 Å². The van der Waals surface area contributed by atoms with E-state index in [0.29, 0.717) is 16.8 Å². The van der Waals surface area contributed by atoms with Crippen LogP contribution in [0.1, 0.15) is 39.2 Å². The van der Waals surface area contributed by atoms with Gasteiger partial charge < -0.3 is 15.4 Å². The molecule has 0 saturated heterocycles. The van der Waals surface area contributed by atoms with Crippen molar-refractivity contribution in [3.63, 3.8) is 0 Å². The maximum atomic E-state index is 12.8. The van der Waals surface area contributed by atoms with Crippen molar-refractivity contribution in [3.8, 4) is 0 Å². The van der Waals surface area contributed by atoms with Gasteiger partial charge in [0.05, 0.1) is 19.1 Å². The Labute approximate surface area is 181 Å². The largest absolute Gasteiger partial charge is 0.469 e. The highest BCUT2D eigenvalue weighted by molar-refractivity contribution is 6.04. The fourth-order valence-electron chi connectivity index (χ4n) is 3.20. The van der Waals surface area contributed by atoms with E-state index in [1.807, 2.05) is 36.4 Å². The monoisotopic (exact) mass is 416 g/mol. The zero-order valence-corrected chi connectivity index (χ0v) is 17.4.